The molecular formula is C46H38N2. The second-order valence-electron chi connectivity index (χ2n) is 13.9. The zero-order valence-electron chi connectivity index (χ0n) is 27.1. The highest BCUT2D eigenvalue weighted by Crippen LogP contribution is 2.52. The summed E-state index contributed by atoms with van der Waals surface area (Å²) in [4.78, 5) is 2.54. The molecule has 2 heteroatoms. The summed E-state index contributed by atoms with van der Waals surface area (Å²) >= 11 is 0. The first-order valence-electron chi connectivity index (χ1n) is 17.7. The van der Waals surface area contributed by atoms with E-state index in [0.717, 1.165) is 38.5 Å². The summed E-state index contributed by atoms with van der Waals surface area (Å²) in [5, 5.41) is 4.08. The lowest BCUT2D eigenvalue weighted by Crippen LogP contribution is -2.21. The standard InChI is InChI=1S/C46H38N2/c1-3-14-35(15-4-1)47-43-21-10-9-19-39(43)40-28-32(22-25-44(40)47)33-23-26-45-41(29-33)42-30-34(38-20-11-13-31-12-7-8-18-37(31)38)24-27-46(42)48(45)36-16-5-2-6-17-36/h1-3,5,7-14,16,18-27,29,34,40H,4,6,15,17,28,30H2. The molecule has 0 amide bonds. The largest absolute Gasteiger partial charge is 0.317 e. The minimum atomic E-state index is 0.343. The average molecular weight is 619 g/mol. The second-order valence-corrected chi connectivity index (χ2v) is 13.9. The SMILES string of the molecule is C1=CCCC(N2C3=CC=C(c4ccc5c(c4)c4c(n5C5=CC=CCC5)C=CC(c5cccc6ccccc56)C4)CC3c3ccccc32)=C1. The number of allylic oxidation sites excluding steroid dienone is 13. The third-order valence-electron chi connectivity index (χ3n) is 11.2. The van der Waals surface area contributed by atoms with E-state index < -0.39 is 0 Å². The highest BCUT2D eigenvalue weighted by Gasteiger charge is 2.37. The van der Waals surface area contributed by atoms with Gasteiger partial charge >= 0.3 is 0 Å². The first kappa shape index (κ1) is 27.7. The van der Waals surface area contributed by atoms with Gasteiger partial charge in [0, 0.05) is 45.7 Å². The maximum absolute atomic E-state index is 2.55. The zero-order chi connectivity index (χ0) is 31.6. The first-order valence-corrected chi connectivity index (χ1v) is 17.7. The van der Waals surface area contributed by atoms with Crippen LogP contribution in [-0.2, 0) is 6.42 Å². The maximum Gasteiger partial charge on any atom is 0.0534 e. The molecule has 48 heavy (non-hydrogen) atoms. The summed E-state index contributed by atoms with van der Waals surface area (Å²) in [6.45, 7) is 0. The van der Waals surface area contributed by atoms with Gasteiger partial charge in [-0.2, -0.15) is 0 Å². The number of rotatable bonds is 4. The monoisotopic (exact) mass is 618 g/mol. The lowest BCUT2D eigenvalue weighted by molar-refractivity contribution is 0.805. The summed E-state index contributed by atoms with van der Waals surface area (Å²) < 4.78 is 2.55. The van der Waals surface area contributed by atoms with Crippen molar-refractivity contribution >= 4 is 44.7 Å². The Kier molecular flexibility index (Phi) is 6.43. The van der Waals surface area contributed by atoms with Crippen molar-refractivity contribution in [1.29, 1.82) is 0 Å². The van der Waals surface area contributed by atoms with Gasteiger partial charge in [-0.15, -0.1) is 0 Å². The van der Waals surface area contributed by atoms with E-state index >= 15 is 0 Å². The fourth-order valence-corrected chi connectivity index (χ4v) is 8.96. The van der Waals surface area contributed by atoms with Crippen LogP contribution in [0.4, 0.5) is 5.69 Å². The van der Waals surface area contributed by atoms with E-state index in [0.29, 0.717) is 11.8 Å². The number of hydrogen-bond donors (Lipinski definition) is 0. The Morgan fingerprint density at radius 2 is 1.44 bits per heavy atom. The van der Waals surface area contributed by atoms with Gasteiger partial charge in [0.25, 0.3) is 0 Å². The zero-order valence-corrected chi connectivity index (χ0v) is 27.1. The molecule has 2 heterocycles. The topological polar surface area (TPSA) is 8.17 Å². The van der Waals surface area contributed by atoms with Crippen molar-refractivity contribution in [2.24, 2.45) is 0 Å². The van der Waals surface area contributed by atoms with Crippen LogP contribution in [0.5, 0.6) is 0 Å². The van der Waals surface area contributed by atoms with Crippen molar-refractivity contribution in [3.63, 3.8) is 0 Å². The summed E-state index contributed by atoms with van der Waals surface area (Å²) in [5.41, 5.74) is 15.4. The van der Waals surface area contributed by atoms with Gasteiger partial charge in [-0.05, 0) is 120 Å². The number of fused-ring (bicyclic) bond motifs is 7. The van der Waals surface area contributed by atoms with Crippen LogP contribution in [0.25, 0.3) is 39.0 Å². The van der Waals surface area contributed by atoms with Gasteiger partial charge in [0.1, 0.15) is 0 Å². The molecule has 4 aliphatic carbocycles. The Labute approximate surface area is 282 Å². The van der Waals surface area contributed by atoms with Gasteiger partial charge in [-0.25, -0.2) is 0 Å². The number of hydrogen-bond acceptors (Lipinski definition) is 1. The summed E-state index contributed by atoms with van der Waals surface area (Å²) in [6, 6.07) is 32.0. The molecule has 1 aromatic heterocycles. The van der Waals surface area contributed by atoms with Crippen LogP contribution in [0, 0.1) is 0 Å². The number of para-hydroxylation sites is 1. The lowest BCUT2D eigenvalue weighted by Gasteiger charge is -2.29. The normalized spacial score (nSPS) is 21.0. The summed E-state index contributed by atoms with van der Waals surface area (Å²) in [7, 11) is 0. The molecule has 4 aromatic carbocycles. The fraction of sp³-hybridized carbons (Fsp3) is 0.174. The molecule has 2 atom stereocenters. The molecule has 10 rings (SSSR count). The second kappa shape index (κ2) is 11.1. The van der Waals surface area contributed by atoms with E-state index in [-0.39, 0.29) is 0 Å². The van der Waals surface area contributed by atoms with Crippen molar-refractivity contribution in [2.45, 2.75) is 50.4 Å². The molecule has 5 aromatic rings. The van der Waals surface area contributed by atoms with Crippen LogP contribution in [0.2, 0.25) is 0 Å². The predicted molar refractivity (Wildman–Crippen MR) is 203 cm³/mol. The van der Waals surface area contributed by atoms with Gasteiger partial charge in [-0.3, -0.25) is 0 Å². The van der Waals surface area contributed by atoms with E-state index in [2.05, 4.69) is 155 Å². The van der Waals surface area contributed by atoms with Crippen molar-refractivity contribution in [1.82, 2.24) is 4.57 Å². The minimum Gasteiger partial charge on any atom is -0.317 e. The Morgan fingerprint density at radius 1 is 0.646 bits per heavy atom. The molecule has 5 aliphatic rings. The van der Waals surface area contributed by atoms with E-state index in [4.69, 9.17) is 0 Å². The summed E-state index contributed by atoms with van der Waals surface area (Å²) in [6.07, 6.45) is 29.7. The van der Waals surface area contributed by atoms with E-state index in [1.54, 1.807) is 0 Å². The lowest BCUT2D eigenvalue weighted by atomic mass is 9.83. The van der Waals surface area contributed by atoms with E-state index in [1.165, 1.54) is 78.0 Å². The molecule has 0 radical (unpaired) electrons. The molecule has 1 aliphatic heterocycles. The van der Waals surface area contributed by atoms with Crippen LogP contribution < -0.4 is 4.90 Å². The van der Waals surface area contributed by atoms with Crippen LogP contribution in [0.1, 0.15) is 71.9 Å². The van der Waals surface area contributed by atoms with Crippen molar-refractivity contribution < 1.29 is 0 Å². The molecule has 232 valence electrons. The van der Waals surface area contributed by atoms with Crippen LogP contribution in [0.15, 0.2) is 151 Å². The third kappa shape index (κ3) is 4.32. The average Bonchev–Trinajstić information content (AvgIpc) is 3.67. The number of aromatic nitrogens is 1. The van der Waals surface area contributed by atoms with Crippen molar-refractivity contribution in [2.75, 3.05) is 4.90 Å². The summed E-state index contributed by atoms with van der Waals surface area (Å²) in [5.74, 6) is 0.718. The highest BCUT2D eigenvalue weighted by atomic mass is 15.2. The third-order valence-corrected chi connectivity index (χ3v) is 11.2. The fourth-order valence-electron chi connectivity index (χ4n) is 8.96. The minimum absolute atomic E-state index is 0.343. The molecule has 0 bridgehead atoms. The van der Waals surface area contributed by atoms with Gasteiger partial charge in [0.05, 0.1) is 5.52 Å². The molecule has 0 fully saturated rings. The molecule has 2 unspecified atom stereocenters. The molecule has 0 saturated heterocycles. The highest BCUT2D eigenvalue weighted by molar-refractivity contribution is 5.96. The van der Waals surface area contributed by atoms with Crippen LogP contribution >= 0.6 is 0 Å². The van der Waals surface area contributed by atoms with Crippen molar-refractivity contribution in [3.05, 3.63) is 179 Å². The molecule has 0 saturated carbocycles. The maximum atomic E-state index is 2.55. The van der Waals surface area contributed by atoms with Gasteiger partial charge < -0.3 is 9.47 Å². The molecule has 2 nitrogen and oxygen atoms in total. The molecular weight excluding hydrogens is 581 g/mol. The van der Waals surface area contributed by atoms with Gasteiger partial charge in [0.2, 0.25) is 0 Å². The van der Waals surface area contributed by atoms with Crippen LogP contribution in [-0.4, -0.2) is 4.57 Å². The number of anilines is 1. The predicted octanol–water partition coefficient (Wildman–Crippen LogP) is 11.8. The number of benzene rings is 4. The smallest absolute Gasteiger partial charge is 0.0534 e. The Morgan fingerprint density at radius 3 is 2.31 bits per heavy atom. The van der Waals surface area contributed by atoms with Gasteiger partial charge in [0.15, 0.2) is 0 Å². The Balaban J connectivity index is 1.09. The Hall–Kier alpha value is -5.34. The van der Waals surface area contributed by atoms with Crippen molar-refractivity contribution in [3.8, 4) is 0 Å². The Bertz CT molecular complexity index is 2360. The van der Waals surface area contributed by atoms with E-state index in [9.17, 15) is 0 Å². The molecule has 0 spiro atoms. The number of nitrogens with zero attached hydrogens (tertiary/aromatic N) is 2. The van der Waals surface area contributed by atoms with E-state index in [1.807, 2.05) is 0 Å². The quantitative estimate of drug-likeness (QED) is 0.195. The van der Waals surface area contributed by atoms with Crippen LogP contribution in [0.3, 0.4) is 0 Å². The molecule has 0 N–H and O–H groups in total. The van der Waals surface area contributed by atoms with Gasteiger partial charge in [-0.1, -0.05) is 103 Å². The first-order chi connectivity index (χ1) is 23.8.